The van der Waals surface area contributed by atoms with E-state index in [1.165, 1.54) is 13.2 Å². The third-order valence-electron chi connectivity index (χ3n) is 8.28. The molecule has 2 aliphatic heterocycles. The van der Waals surface area contributed by atoms with Gasteiger partial charge < -0.3 is 9.64 Å². The van der Waals surface area contributed by atoms with Crippen LogP contribution in [0.1, 0.15) is 61.4 Å². The number of alkyl halides is 5. The second-order valence-corrected chi connectivity index (χ2v) is 11.6. The number of anilines is 1. The summed E-state index contributed by atoms with van der Waals surface area (Å²) >= 11 is 6.34. The minimum absolute atomic E-state index is 0.0204. The van der Waals surface area contributed by atoms with Crippen molar-refractivity contribution in [3.63, 3.8) is 0 Å². The van der Waals surface area contributed by atoms with Crippen LogP contribution < -0.4 is 9.64 Å². The Balaban J connectivity index is 1.29. The number of ether oxygens (including phenoxy) is 1. The SMILES string of the molecule is COc1ccc(C(F)(F)F)nc1N1CCC(c2nnc3n2-c2ccc(Cl)cc2CN(C2(C)CC(F)(F)C2)C3)CC1. The van der Waals surface area contributed by atoms with Gasteiger partial charge >= 0.3 is 6.18 Å². The normalized spacial score (nSPS) is 20.9. The van der Waals surface area contributed by atoms with E-state index in [-0.39, 0.29) is 30.3 Å². The summed E-state index contributed by atoms with van der Waals surface area (Å²) in [6.07, 6.45) is -3.79. The van der Waals surface area contributed by atoms with E-state index in [4.69, 9.17) is 16.3 Å². The molecule has 13 heteroatoms. The number of fused-ring (bicyclic) bond motifs is 3. The maximum Gasteiger partial charge on any atom is 0.433 e. The second-order valence-electron chi connectivity index (χ2n) is 11.1. The molecule has 1 saturated heterocycles. The van der Waals surface area contributed by atoms with Gasteiger partial charge in [-0.15, -0.1) is 10.2 Å². The van der Waals surface area contributed by atoms with Crippen LogP contribution in [0.4, 0.5) is 27.8 Å². The van der Waals surface area contributed by atoms with Gasteiger partial charge in [0.1, 0.15) is 11.5 Å². The average Bonchev–Trinajstić information content (AvgIpc) is 3.22. The first kappa shape index (κ1) is 27.2. The van der Waals surface area contributed by atoms with Crippen LogP contribution in [0.2, 0.25) is 5.02 Å². The van der Waals surface area contributed by atoms with Crippen molar-refractivity contribution in [2.75, 3.05) is 25.1 Å². The Morgan fingerprint density at radius 2 is 1.75 bits per heavy atom. The molecule has 0 unspecified atom stereocenters. The van der Waals surface area contributed by atoms with E-state index in [0.29, 0.717) is 49.9 Å². The summed E-state index contributed by atoms with van der Waals surface area (Å²) in [5.41, 5.74) is 0.123. The summed E-state index contributed by atoms with van der Waals surface area (Å²) in [5.74, 6) is -0.847. The van der Waals surface area contributed by atoms with Crippen LogP contribution in [0.5, 0.6) is 5.75 Å². The quantitative estimate of drug-likeness (QED) is 0.340. The molecule has 1 aromatic carbocycles. The highest BCUT2D eigenvalue weighted by Gasteiger charge is 2.57. The average molecular weight is 583 g/mol. The van der Waals surface area contributed by atoms with Crippen molar-refractivity contribution in [3.05, 3.63) is 58.3 Å². The first-order valence-electron chi connectivity index (χ1n) is 13.1. The topological polar surface area (TPSA) is 59.3 Å². The van der Waals surface area contributed by atoms with E-state index in [0.717, 1.165) is 23.1 Å². The summed E-state index contributed by atoms with van der Waals surface area (Å²) in [4.78, 5) is 7.71. The van der Waals surface area contributed by atoms with E-state index >= 15 is 0 Å². The fourth-order valence-electron chi connectivity index (χ4n) is 6.29. The van der Waals surface area contributed by atoms with Crippen LogP contribution in [0.3, 0.4) is 0 Å². The number of hydrogen-bond donors (Lipinski definition) is 0. The molecule has 2 aromatic heterocycles. The Morgan fingerprint density at radius 1 is 1.02 bits per heavy atom. The van der Waals surface area contributed by atoms with E-state index in [9.17, 15) is 22.0 Å². The molecule has 0 atom stereocenters. The maximum atomic E-state index is 13.9. The number of rotatable bonds is 4. The largest absolute Gasteiger partial charge is 0.493 e. The Hall–Kier alpha value is -2.99. The molecular weight excluding hydrogens is 555 g/mol. The zero-order chi connectivity index (χ0) is 28.4. The van der Waals surface area contributed by atoms with Gasteiger partial charge in [-0.1, -0.05) is 11.6 Å². The van der Waals surface area contributed by atoms with Crippen LogP contribution in [0.25, 0.3) is 5.69 Å². The maximum absolute atomic E-state index is 13.9. The van der Waals surface area contributed by atoms with E-state index in [1.54, 1.807) is 11.0 Å². The monoisotopic (exact) mass is 582 g/mol. The summed E-state index contributed by atoms with van der Waals surface area (Å²) < 4.78 is 75.2. The summed E-state index contributed by atoms with van der Waals surface area (Å²) in [6, 6.07) is 7.76. The van der Waals surface area contributed by atoms with Gasteiger partial charge in [0.15, 0.2) is 17.4 Å². The van der Waals surface area contributed by atoms with Crippen molar-refractivity contribution in [3.8, 4) is 11.4 Å². The van der Waals surface area contributed by atoms with Crippen molar-refractivity contribution in [1.29, 1.82) is 0 Å². The molecule has 1 aliphatic carbocycles. The van der Waals surface area contributed by atoms with Gasteiger partial charge in [0.25, 0.3) is 5.92 Å². The van der Waals surface area contributed by atoms with Gasteiger partial charge in [0.05, 0.1) is 19.3 Å². The predicted molar refractivity (Wildman–Crippen MR) is 138 cm³/mol. The number of methoxy groups -OCH3 is 1. The Morgan fingerprint density at radius 3 is 2.40 bits per heavy atom. The van der Waals surface area contributed by atoms with E-state index in [2.05, 4.69) is 15.2 Å². The van der Waals surface area contributed by atoms with Gasteiger partial charge in [-0.05, 0) is 55.7 Å². The van der Waals surface area contributed by atoms with Crippen LogP contribution in [-0.4, -0.2) is 56.3 Å². The molecule has 3 aliphatic rings. The molecule has 1 saturated carbocycles. The molecule has 0 amide bonds. The summed E-state index contributed by atoms with van der Waals surface area (Å²) in [5, 5.41) is 9.60. The lowest BCUT2D eigenvalue weighted by Crippen LogP contribution is -2.59. The fourth-order valence-corrected chi connectivity index (χ4v) is 6.48. The summed E-state index contributed by atoms with van der Waals surface area (Å²) in [6.45, 7) is 3.56. The number of pyridine rings is 1. The van der Waals surface area contributed by atoms with E-state index in [1.807, 2.05) is 28.5 Å². The molecule has 3 aromatic rings. The lowest BCUT2D eigenvalue weighted by atomic mass is 9.73. The summed E-state index contributed by atoms with van der Waals surface area (Å²) in [7, 11) is 1.41. The number of aromatic nitrogens is 4. The molecule has 2 fully saturated rings. The zero-order valence-electron chi connectivity index (χ0n) is 22.0. The Kier molecular flexibility index (Phi) is 6.49. The molecular formula is C27H28ClF5N6O. The minimum atomic E-state index is -4.56. The lowest BCUT2D eigenvalue weighted by Gasteiger charge is -2.51. The number of piperidine rings is 1. The Labute approximate surface area is 232 Å². The van der Waals surface area contributed by atoms with Gasteiger partial charge in [0.2, 0.25) is 0 Å². The second kappa shape index (κ2) is 9.54. The lowest BCUT2D eigenvalue weighted by molar-refractivity contribution is -0.173. The molecule has 0 N–H and O–H groups in total. The standard InChI is InChI=1S/C27H28ClF5N6O/c1-25(14-26(29,30)15-25)38-12-17-11-18(28)3-4-19(17)39-22(13-38)35-36-23(39)16-7-9-37(10-8-16)24-20(40-2)5-6-21(34-24)27(31,32)33/h3-6,11,16H,7-10,12-15H2,1-2H3. The van der Waals surface area contributed by atoms with Crippen LogP contribution >= 0.6 is 11.6 Å². The minimum Gasteiger partial charge on any atom is -0.493 e. The molecule has 0 radical (unpaired) electrons. The predicted octanol–water partition coefficient (Wildman–Crippen LogP) is 6.23. The van der Waals surface area contributed by atoms with Gasteiger partial charge in [-0.3, -0.25) is 9.47 Å². The van der Waals surface area contributed by atoms with Gasteiger partial charge in [-0.2, -0.15) is 13.2 Å². The van der Waals surface area contributed by atoms with Gasteiger partial charge in [-0.25, -0.2) is 13.8 Å². The smallest absolute Gasteiger partial charge is 0.433 e. The molecule has 4 heterocycles. The fraction of sp³-hybridized carbons (Fsp3) is 0.519. The highest BCUT2D eigenvalue weighted by Crippen LogP contribution is 2.50. The van der Waals surface area contributed by atoms with Crippen molar-refractivity contribution in [1.82, 2.24) is 24.6 Å². The number of hydrogen-bond acceptors (Lipinski definition) is 6. The molecule has 214 valence electrons. The number of benzene rings is 1. The van der Waals surface area contributed by atoms with Crippen molar-refractivity contribution >= 4 is 17.4 Å². The molecule has 0 spiro atoms. The Bertz CT molecular complexity index is 1430. The van der Waals surface area contributed by atoms with Crippen LogP contribution in [0, 0.1) is 0 Å². The first-order valence-corrected chi connectivity index (χ1v) is 13.5. The molecule has 6 rings (SSSR count). The van der Waals surface area contributed by atoms with Crippen molar-refractivity contribution in [2.45, 2.75) is 69.3 Å². The molecule has 0 bridgehead atoms. The third kappa shape index (κ3) is 4.78. The molecule has 40 heavy (non-hydrogen) atoms. The highest BCUT2D eigenvalue weighted by molar-refractivity contribution is 6.30. The third-order valence-corrected chi connectivity index (χ3v) is 8.52. The molecule has 7 nitrogen and oxygen atoms in total. The zero-order valence-corrected chi connectivity index (χ0v) is 22.7. The van der Waals surface area contributed by atoms with E-state index < -0.39 is 23.3 Å². The number of halogens is 6. The van der Waals surface area contributed by atoms with Gasteiger partial charge in [0, 0.05) is 49.0 Å². The van der Waals surface area contributed by atoms with Crippen molar-refractivity contribution in [2.24, 2.45) is 0 Å². The van der Waals surface area contributed by atoms with Crippen LogP contribution in [-0.2, 0) is 19.3 Å². The first-order chi connectivity index (χ1) is 18.9. The highest BCUT2D eigenvalue weighted by atomic mass is 35.5. The van der Waals surface area contributed by atoms with Crippen molar-refractivity contribution < 1.29 is 26.7 Å². The van der Waals surface area contributed by atoms with Crippen LogP contribution in [0.15, 0.2) is 30.3 Å². The number of nitrogens with zero attached hydrogens (tertiary/aromatic N) is 6.